The highest BCUT2D eigenvalue weighted by Crippen LogP contribution is 2.52. The van der Waals surface area contributed by atoms with E-state index in [0.717, 1.165) is 24.8 Å². The molecule has 138 valence electrons. The molecule has 1 saturated carbocycles. The number of nitrogens with zero attached hydrogens (tertiary/aromatic N) is 1. The van der Waals surface area contributed by atoms with Crippen LogP contribution in [0.25, 0.3) is 0 Å². The van der Waals surface area contributed by atoms with Crippen molar-refractivity contribution in [3.05, 3.63) is 33.8 Å². The lowest BCUT2D eigenvalue weighted by atomic mass is 9.67. The molecule has 1 aromatic carbocycles. The number of fused-ring (bicyclic) bond motifs is 2. The zero-order valence-corrected chi connectivity index (χ0v) is 16.4. The fourth-order valence-electron chi connectivity index (χ4n) is 4.33. The molecule has 0 radical (unpaired) electrons. The summed E-state index contributed by atoms with van der Waals surface area (Å²) in [4.78, 5) is 14.4. The van der Waals surface area contributed by atoms with E-state index in [1.54, 1.807) is 4.90 Å². The number of rotatable bonds is 2. The van der Waals surface area contributed by atoms with Crippen LogP contribution in [0.3, 0.4) is 0 Å². The summed E-state index contributed by atoms with van der Waals surface area (Å²) >= 11 is 12.3. The molecule has 0 unspecified atom stereocenters. The zero-order valence-electron chi connectivity index (χ0n) is 14.9. The molecule has 3 atom stereocenters. The molecule has 1 heterocycles. The van der Waals surface area contributed by atoms with Crippen LogP contribution in [-0.2, 0) is 10.2 Å². The number of ether oxygens (including phenoxy) is 1. The first-order valence-electron chi connectivity index (χ1n) is 8.72. The Bertz CT molecular complexity index is 673. The van der Waals surface area contributed by atoms with Crippen LogP contribution in [0, 0.1) is 5.92 Å². The molecule has 25 heavy (non-hydrogen) atoms. The van der Waals surface area contributed by atoms with E-state index in [4.69, 9.17) is 27.9 Å². The summed E-state index contributed by atoms with van der Waals surface area (Å²) in [6.45, 7) is 6.12. The van der Waals surface area contributed by atoms with Crippen LogP contribution in [-0.4, -0.2) is 40.9 Å². The number of carbonyl (C=O) groups is 1. The molecule has 2 fully saturated rings. The molecule has 3 rings (SSSR count). The third kappa shape index (κ3) is 3.49. The zero-order chi connectivity index (χ0) is 18.4. The number of piperidine rings is 1. The van der Waals surface area contributed by atoms with Gasteiger partial charge in [-0.05, 0) is 57.7 Å². The Morgan fingerprint density at radius 2 is 2.08 bits per heavy atom. The Balaban J connectivity index is 1.88. The van der Waals surface area contributed by atoms with Gasteiger partial charge in [-0.2, -0.15) is 0 Å². The smallest absolute Gasteiger partial charge is 0.410 e. The summed E-state index contributed by atoms with van der Waals surface area (Å²) in [5.74, 6) is -0.0454. The van der Waals surface area contributed by atoms with Gasteiger partial charge in [0.2, 0.25) is 0 Å². The molecule has 4 nitrogen and oxygen atoms in total. The predicted octanol–water partition coefficient (Wildman–Crippen LogP) is 4.64. The molecule has 2 aliphatic rings. The first-order chi connectivity index (χ1) is 11.7. The maximum Gasteiger partial charge on any atom is 0.410 e. The van der Waals surface area contributed by atoms with Gasteiger partial charge in [0.25, 0.3) is 0 Å². The topological polar surface area (TPSA) is 49.8 Å². The van der Waals surface area contributed by atoms with Crippen molar-refractivity contribution in [2.75, 3.05) is 13.2 Å². The first-order valence-corrected chi connectivity index (χ1v) is 9.48. The van der Waals surface area contributed by atoms with Gasteiger partial charge < -0.3 is 14.7 Å². The van der Waals surface area contributed by atoms with Crippen molar-refractivity contribution in [3.63, 3.8) is 0 Å². The van der Waals surface area contributed by atoms with Gasteiger partial charge in [0.15, 0.2) is 0 Å². The van der Waals surface area contributed by atoms with Gasteiger partial charge in [-0.3, -0.25) is 0 Å². The minimum atomic E-state index is -0.525. The summed E-state index contributed by atoms with van der Waals surface area (Å²) in [6, 6.07) is 5.86. The summed E-state index contributed by atoms with van der Waals surface area (Å²) in [5, 5.41) is 11.1. The molecule has 0 spiro atoms. The fourth-order valence-corrected chi connectivity index (χ4v) is 4.63. The third-order valence-electron chi connectivity index (χ3n) is 5.51. The Kier molecular flexibility index (Phi) is 5.00. The molecule has 1 N–H and O–H groups in total. The lowest BCUT2D eigenvalue weighted by Gasteiger charge is -2.45. The van der Waals surface area contributed by atoms with E-state index in [-0.39, 0.29) is 30.1 Å². The number of hydrogen-bond donors (Lipinski definition) is 1. The highest BCUT2D eigenvalue weighted by atomic mass is 35.5. The maximum absolute atomic E-state index is 12.6. The van der Waals surface area contributed by atoms with Crippen molar-refractivity contribution in [1.82, 2.24) is 4.90 Å². The average molecular weight is 386 g/mol. The molecule has 1 aliphatic heterocycles. The molecular formula is C19H25Cl2NO3. The highest BCUT2D eigenvalue weighted by Gasteiger charge is 2.53. The minimum Gasteiger partial charge on any atom is -0.444 e. The molecule has 2 bridgehead atoms. The van der Waals surface area contributed by atoms with E-state index in [0.29, 0.717) is 16.6 Å². The monoisotopic (exact) mass is 385 g/mol. The number of halogens is 2. The van der Waals surface area contributed by atoms with Crippen LogP contribution >= 0.6 is 23.2 Å². The van der Waals surface area contributed by atoms with Crippen LogP contribution < -0.4 is 0 Å². The molecular weight excluding hydrogens is 361 g/mol. The van der Waals surface area contributed by atoms with Crippen molar-refractivity contribution in [2.24, 2.45) is 5.92 Å². The maximum atomic E-state index is 12.6. The fraction of sp³-hybridized carbons (Fsp3) is 0.632. The predicted molar refractivity (Wildman–Crippen MR) is 99.3 cm³/mol. The Hall–Kier alpha value is -0.970. The van der Waals surface area contributed by atoms with E-state index in [2.05, 4.69) is 0 Å². The molecule has 1 saturated heterocycles. The lowest BCUT2D eigenvalue weighted by molar-refractivity contribution is -0.00625. The lowest BCUT2D eigenvalue weighted by Crippen LogP contribution is -2.53. The van der Waals surface area contributed by atoms with Gasteiger partial charge >= 0.3 is 6.09 Å². The van der Waals surface area contributed by atoms with Gasteiger partial charge in [-0.25, -0.2) is 4.79 Å². The largest absolute Gasteiger partial charge is 0.444 e. The number of carbonyl (C=O) groups excluding carboxylic acids is 1. The first kappa shape index (κ1) is 18.8. The van der Waals surface area contributed by atoms with E-state index in [1.807, 2.05) is 39.0 Å². The van der Waals surface area contributed by atoms with E-state index in [9.17, 15) is 9.90 Å². The highest BCUT2D eigenvalue weighted by molar-refractivity contribution is 6.42. The van der Waals surface area contributed by atoms with E-state index >= 15 is 0 Å². The van der Waals surface area contributed by atoms with Crippen molar-refractivity contribution in [2.45, 2.75) is 57.1 Å². The van der Waals surface area contributed by atoms with Crippen LogP contribution in [0.5, 0.6) is 0 Å². The molecule has 6 heteroatoms. The second kappa shape index (κ2) is 6.64. The number of amides is 1. The SMILES string of the molecule is CC(C)(C)OC(=O)N1C[C@H](CO)[C@@]2(c3ccc(Cl)c(Cl)c3)CC[C@@H]1C2. The van der Waals surface area contributed by atoms with Gasteiger partial charge in [-0.15, -0.1) is 0 Å². The number of aliphatic hydroxyl groups is 1. The average Bonchev–Trinajstić information content (AvgIpc) is 2.89. The third-order valence-corrected chi connectivity index (χ3v) is 6.24. The van der Waals surface area contributed by atoms with Gasteiger partial charge in [0.05, 0.1) is 10.0 Å². The van der Waals surface area contributed by atoms with Crippen LogP contribution in [0.2, 0.25) is 10.0 Å². The van der Waals surface area contributed by atoms with Crippen LogP contribution in [0.4, 0.5) is 4.79 Å². The van der Waals surface area contributed by atoms with Crippen molar-refractivity contribution < 1.29 is 14.6 Å². The van der Waals surface area contributed by atoms with E-state index < -0.39 is 5.60 Å². The molecule has 1 aromatic rings. The second-order valence-corrected chi connectivity index (χ2v) is 9.01. The molecule has 0 aromatic heterocycles. The van der Waals surface area contributed by atoms with Gasteiger partial charge in [0, 0.05) is 30.5 Å². The van der Waals surface area contributed by atoms with Gasteiger partial charge in [-0.1, -0.05) is 29.3 Å². The second-order valence-electron chi connectivity index (χ2n) is 8.19. The van der Waals surface area contributed by atoms with Crippen LogP contribution in [0.15, 0.2) is 18.2 Å². The quantitative estimate of drug-likeness (QED) is 0.806. The standard InChI is InChI=1S/C19H25Cl2NO3/c1-18(2,3)25-17(24)22-10-13(11-23)19(7-6-14(22)9-19)12-4-5-15(20)16(21)8-12/h4-5,8,13-14,23H,6-7,9-11H2,1-3H3/t13-,14-,19+/m1/s1. The Morgan fingerprint density at radius 3 is 2.68 bits per heavy atom. The minimum absolute atomic E-state index is 0.0201. The normalized spacial score (nSPS) is 29.0. The summed E-state index contributed by atoms with van der Waals surface area (Å²) in [6.07, 6.45) is 2.34. The van der Waals surface area contributed by atoms with Crippen LogP contribution in [0.1, 0.15) is 45.6 Å². The van der Waals surface area contributed by atoms with Gasteiger partial charge in [0.1, 0.15) is 5.60 Å². The number of likely N-dealkylation sites (tertiary alicyclic amines) is 1. The summed E-state index contributed by atoms with van der Waals surface area (Å²) < 4.78 is 5.56. The van der Waals surface area contributed by atoms with Crippen molar-refractivity contribution in [1.29, 1.82) is 0 Å². The van der Waals surface area contributed by atoms with E-state index in [1.165, 1.54) is 0 Å². The number of aliphatic hydroxyl groups excluding tert-OH is 1. The number of benzene rings is 1. The summed E-state index contributed by atoms with van der Waals surface area (Å²) in [7, 11) is 0. The molecule has 1 aliphatic carbocycles. The Morgan fingerprint density at radius 1 is 1.36 bits per heavy atom. The summed E-state index contributed by atoms with van der Waals surface area (Å²) in [5.41, 5.74) is 0.418. The van der Waals surface area contributed by atoms with Crippen molar-refractivity contribution in [3.8, 4) is 0 Å². The Labute approximate surface area is 159 Å². The number of hydrogen-bond acceptors (Lipinski definition) is 3. The van der Waals surface area contributed by atoms with Crippen molar-refractivity contribution >= 4 is 29.3 Å². The molecule has 1 amide bonds.